The van der Waals surface area contributed by atoms with Crippen LogP contribution in [-0.4, -0.2) is 62.5 Å². The van der Waals surface area contributed by atoms with E-state index >= 15 is 0 Å². The third-order valence-electron chi connectivity index (χ3n) is 8.77. The van der Waals surface area contributed by atoms with Gasteiger partial charge in [-0.2, -0.15) is 0 Å². The molecule has 1 aromatic carbocycles. The Labute approximate surface area is 242 Å². The molecule has 1 saturated heterocycles. The number of amides is 2. The quantitative estimate of drug-likeness (QED) is 0.426. The van der Waals surface area contributed by atoms with E-state index in [1.54, 1.807) is 21.9 Å². The molecule has 3 aromatic rings. The molecule has 6 rings (SSSR count). The SMILES string of the molecule is Cc1noc2nc(COc3ccc(Cl)c4c3[C@@H](CN3CCCC3=O)N(C(=O)C3CCCCC3C(=O)O)CC4)ccc12. The van der Waals surface area contributed by atoms with Gasteiger partial charge in [-0.3, -0.25) is 14.4 Å². The van der Waals surface area contributed by atoms with Crippen molar-refractivity contribution in [2.24, 2.45) is 11.8 Å². The lowest BCUT2D eigenvalue weighted by molar-refractivity contribution is -0.154. The van der Waals surface area contributed by atoms with E-state index in [9.17, 15) is 19.5 Å². The maximum Gasteiger partial charge on any atom is 0.307 e. The molecule has 3 aliphatic rings. The molecule has 216 valence electrons. The van der Waals surface area contributed by atoms with Crippen molar-refractivity contribution in [3.8, 4) is 5.75 Å². The van der Waals surface area contributed by atoms with Crippen LogP contribution in [0.15, 0.2) is 28.8 Å². The van der Waals surface area contributed by atoms with Gasteiger partial charge in [0.1, 0.15) is 12.4 Å². The van der Waals surface area contributed by atoms with Crippen LogP contribution in [0.1, 0.15) is 67.1 Å². The standard InChI is InChI=1S/C30H33ClN4O6/c1-17-19-9-8-18(32-28(19)41-33-17)16-40-25-11-10-23(31)22-12-14-35(24(27(22)25)15-34-13-4-7-26(34)36)29(37)20-5-2-3-6-21(20)30(38)39/h8-11,20-21,24H,2-7,12-16H2,1H3,(H,38,39)/t20?,21?,24-/m1/s1. The molecule has 0 radical (unpaired) electrons. The number of rotatable bonds is 7. The number of carboxylic acids is 1. The predicted molar refractivity (Wildman–Crippen MR) is 149 cm³/mol. The van der Waals surface area contributed by atoms with E-state index < -0.39 is 23.8 Å². The third-order valence-corrected chi connectivity index (χ3v) is 9.13. The third kappa shape index (κ3) is 5.25. The van der Waals surface area contributed by atoms with Gasteiger partial charge in [-0.05, 0) is 62.4 Å². The van der Waals surface area contributed by atoms with Crippen LogP contribution in [0, 0.1) is 18.8 Å². The van der Waals surface area contributed by atoms with Gasteiger partial charge in [-0.25, -0.2) is 4.98 Å². The molecule has 1 N–H and O–H groups in total. The van der Waals surface area contributed by atoms with Crippen molar-refractivity contribution in [3.05, 3.63) is 51.8 Å². The van der Waals surface area contributed by atoms with Crippen LogP contribution in [0.5, 0.6) is 5.75 Å². The second-order valence-electron chi connectivity index (χ2n) is 11.2. The molecule has 41 heavy (non-hydrogen) atoms. The lowest BCUT2D eigenvalue weighted by Gasteiger charge is -2.43. The summed E-state index contributed by atoms with van der Waals surface area (Å²) >= 11 is 6.70. The van der Waals surface area contributed by atoms with E-state index in [0.29, 0.717) is 67.5 Å². The van der Waals surface area contributed by atoms with Crippen LogP contribution < -0.4 is 4.74 Å². The van der Waals surface area contributed by atoms with Crippen LogP contribution in [0.3, 0.4) is 0 Å². The number of hydrogen-bond acceptors (Lipinski definition) is 7. The zero-order valence-electron chi connectivity index (χ0n) is 23.0. The summed E-state index contributed by atoms with van der Waals surface area (Å²) in [5.41, 5.74) is 3.51. The summed E-state index contributed by atoms with van der Waals surface area (Å²) in [7, 11) is 0. The van der Waals surface area contributed by atoms with Crippen LogP contribution in [0.25, 0.3) is 11.1 Å². The first-order valence-electron chi connectivity index (χ1n) is 14.3. The molecule has 10 nitrogen and oxygen atoms in total. The number of carbonyl (C=O) groups excluding carboxylic acids is 2. The zero-order valence-corrected chi connectivity index (χ0v) is 23.7. The van der Waals surface area contributed by atoms with Gasteiger partial charge in [-0.15, -0.1) is 0 Å². The number of halogens is 1. The summed E-state index contributed by atoms with van der Waals surface area (Å²) in [6, 6.07) is 6.84. The predicted octanol–water partition coefficient (Wildman–Crippen LogP) is 4.70. The zero-order chi connectivity index (χ0) is 28.7. The van der Waals surface area contributed by atoms with Crippen molar-refractivity contribution in [2.75, 3.05) is 19.6 Å². The molecule has 0 bridgehead atoms. The Kier molecular flexibility index (Phi) is 7.59. The highest BCUT2D eigenvalue weighted by molar-refractivity contribution is 6.31. The Morgan fingerprint density at radius 2 is 1.90 bits per heavy atom. The largest absolute Gasteiger partial charge is 0.487 e. The minimum absolute atomic E-state index is 0.0509. The molecule has 4 heterocycles. The molecule has 2 aliphatic heterocycles. The Balaban J connectivity index is 1.35. The molecular formula is C30H33ClN4O6. The van der Waals surface area contributed by atoms with Crippen LogP contribution in [0.4, 0.5) is 0 Å². The molecule has 1 aliphatic carbocycles. The fraction of sp³-hybridized carbons (Fsp3) is 0.500. The molecule has 2 amide bonds. The van der Waals surface area contributed by atoms with E-state index in [1.807, 2.05) is 19.1 Å². The average molecular weight is 581 g/mol. The Hall–Kier alpha value is -3.66. The molecule has 3 atom stereocenters. The highest BCUT2D eigenvalue weighted by atomic mass is 35.5. The van der Waals surface area contributed by atoms with Gasteiger partial charge in [0, 0.05) is 36.6 Å². The van der Waals surface area contributed by atoms with Crippen LogP contribution >= 0.6 is 11.6 Å². The number of benzene rings is 1. The number of fused-ring (bicyclic) bond motifs is 2. The number of aryl methyl sites for hydroxylation is 1. The van der Waals surface area contributed by atoms with Gasteiger partial charge in [0.25, 0.3) is 5.71 Å². The minimum Gasteiger partial charge on any atom is -0.487 e. The number of carboxylic acid groups (broad SMARTS) is 1. The van der Waals surface area contributed by atoms with Gasteiger partial charge in [0.15, 0.2) is 0 Å². The summed E-state index contributed by atoms with van der Waals surface area (Å²) in [5.74, 6) is -1.78. The summed E-state index contributed by atoms with van der Waals surface area (Å²) < 4.78 is 11.7. The number of pyridine rings is 1. The number of carbonyl (C=O) groups is 3. The van der Waals surface area contributed by atoms with Gasteiger partial charge in [-0.1, -0.05) is 29.6 Å². The first kappa shape index (κ1) is 27.5. The van der Waals surface area contributed by atoms with Crippen molar-refractivity contribution in [3.63, 3.8) is 0 Å². The summed E-state index contributed by atoms with van der Waals surface area (Å²) in [4.78, 5) is 47.0. The first-order valence-corrected chi connectivity index (χ1v) is 14.7. The smallest absolute Gasteiger partial charge is 0.307 e. The Bertz CT molecular complexity index is 1510. The number of aliphatic carboxylic acids is 1. The normalized spacial score (nSPS) is 22.7. The molecule has 2 aromatic heterocycles. The minimum atomic E-state index is -0.926. The van der Waals surface area contributed by atoms with Crippen LogP contribution in [0.2, 0.25) is 5.02 Å². The van der Waals surface area contributed by atoms with Gasteiger partial charge in [0.2, 0.25) is 11.8 Å². The van der Waals surface area contributed by atoms with Crippen molar-refractivity contribution in [1.82, 2.24) is 19.9 Å². The second-order valence-corrected chi connectivity index (χ2v) is 11.6. The summed E-state index contributed by atoms with van der Waals surface area (Å²) in [5, 5.41) is 15.3. The lowest BCUT2D eigenvalue weighted by Crippen LogP contribution is -2.50. The summed E-state index contributed by atoms with van der Waals surface area (Å²) in [6.45, 7) is 3.32. The van der Waals surface area contributed by atoms with E-state index in [4.69, 9.17) is 20.9 Å². The fourth-order valence-electron chi connectivity index (χ4n) is 6.62. The molecule has 2 unspecified atom stereocenters. The highest BCUT2D eigenvalue weighted by Gasteiger charge is 2.43. The number of ether oxygens (including phenoxy) is 1. The van der Waals surface area contributed by atoms with Gasteiger partial charge >= 0.3 is 5.97 Å². The molecular weight excluding hydrogens is 548 g/mol. The fourth-order valence-corrected chi connectivity index (χ4v) is 6.88. The van der Waals surface area contributed by atoms with E-state index in [0.717, 1.165) is 41.5 Å². The Morgan fingerprint density at radius 3 is 2.66 bits per heavy atom. The van der Waals surface area contributed by atoms with Gasteiger partial charge in [0.05, 0.1) is 34.7 Å². The maximum atomic E-state index is 14.1. The van der Waals surface area contributed by atoms with Gasteiger partial charge < -0.3 is 24.2 Å². The first-order chi connectivity index (χ1) is 19.8. The van der Waals surface area contributed by atoms with E-state index in [-0.39, 0.29) is 18.4 Å². The van der Waals surface area contributed by atoms with Crippen molar-refractivity contribution >= 4 is 40.5 Å². The number of hydrogen-bond donors (Lipinski definition) is 1. The number of likely N-dealkylation sites (tertiary alicyclic amines) is 1. The average Bonchev–Trinajstić information content (AvgIpc) is 3.56. The second kappa shape index (κ2) is 11.3. The molecule has 2 fully saturated rings. The maximum absolute atomic E-state index is 14.1. The van der Waals surface area contributed by atoms with Crippen molar-refractivity contribution in [1.29, 1.82) is 0 Å². The van der Waals surface area contributed by atoms with Crippen molar-refractivity contribution < 1.29 is 28.8 Å². The summed E-state index contributed by atoms with van der Waals surface area (Å²) in [6.07, 6.45) is 4.41. The monoisotopic (exact) mass is 580 g/mol. The number of aromatic nitrogens is 2. The van der Waals surface area contributed by atoms with Crippen LogP contribution in [-0.2, 0) is 27.4 Å². The topological polar surface area (TPSA) is 126 Å². The van der Waals surface area contributed by atoms with E-state index in [1.165, 1.54) is 0 Å². The molecule has 11 heteroatoms. The highest BCUT2D eigenvalue weighted by Crippen LogP contribution is 2.43. The van der Waals surface area contributed by atoms with Crippen molar-refractivity contribution in [2.45, 2.75) is 64.5 Å². The lowest BCUT2D eigenvalue weighted by atomic mass is 9.77. The van der Waals surface area contributed by atoms with E-state index in [2.05, 4.69) is 10.1 Å². The number of nitrogens with zero attached hydrogens (tertiary/aromatic N) is 4. The molecule has 1 saturated carbocycles. The Morgan fingerprint density at radius 1 is 1.10 bits per heavy atom. The molecule has 0 spiro atoms.